The molecule has 0 aromatic carbocycles. The zero-order chi connectivity index (χ0) is 21.4. The number of pyridine rings is 1. The van der Waals surface area contributed by atoms with Crippen LogP contribution in [0.25, 0.3) is 16.8 Å². The molecule has 1 fully saturated rings. The van der Waals surface area contributed by atoms with Gasteiger partial charge in [0.1, 0.15) is 11.3 Å². The van der Waals surface area contributed by atoms with Crippen molar-refractivity contribution in [3.8, 4) is 11.1 Å². The minimum absolute atomic E-state index is 0.431. The van der Waals surface area contributed by atoms with Crippen molar-refractivity contribution >= 4 is 11.5 Å². The maximum atomic E-state index is 4.75. The van der Waals surface area contributed by atoms with E-state index in [1.54, 1.807) is 0 Å². The molecule has 2 aliphatic heterocycles. The van der Waals surface area contributed by atoms with Crippen LogP contribution in [0.2, 0.25) is 0 Å². The smallest absolute Gasteiger partial charge is 0.138 e. The highest BCUT2D eigenvalue weighted by Gasteiger charge is 2.29. The Kier molecular flexibility index (Phi) is 5.10. The first-order chi connectivity index (χ1) is 15.1. The Balaban J connectivity index is 1.34. The van der Waals surface area contributed by atoms with Crippen LogP contribution in [-0.4, -0.2) is 50.8 Å². The number of fused-ring (bicyclic) bond motifs is 1. The number of likely N-dealkylation sites (N-methyl/N-ethyl adjacent to an activating group) is 1. The number of aromatic amines is 1. The molecule has 0 amide bonds. The molecule has 0 bridgehead atoms. The molecule has 3 aromatic rings. The van der Waals surface area contributed by atoms with Crippen molar-refractivity contribution < 1.29 is 0 Å². The van der Waals surface area contributed by atoms with E-state index in [-0.39, 0.29) is 0 Å². The number of nitrogens with one attached hydrogen (secondary N) is 1. The molecule has 7 heteroatoms. The van der Waals surface area contributed by atoms with Crippen molar-refractivity contribution in [3.05, 3.63) is 65.5 Å². The first-order valence-corrected chi connectivity index (χ1v) is 11.0. The van der Waals surface area contributed by atoms with Gasteiger partial charge in [-0.15, -0.1) is 0 Å². The third-order valence-corrected chi connectivity index (χ3v) is 6.50. The molecule has 2 aliphatic rings. The van der Waals surface area contributed by atoms with Crippen LogP contribution in [0.4, 0.5) is 5.82 Å². The van der Waals surface area contributed by atoms with Crippen molar-refractivity contribution in [2.75, 3.05) is 25.0 Å². The van der Waals surface area contributed by atoms with Gasteiger partial charge in [0, 0.05) is 86.5 Å². The number of anilines is 1. The average molecular weight is 416 g/mol. The number of nitrogens with zero attached hydrogens (tertiary/aromatic N) is 6. The van der Waals surface area contributed by atoms with Crippen LogP contribution in [0.3, 0.4) is 0 Å². The predicted octanol–water partition coefficient (Wildman–Crippen LogP) is 2.45. The predicted molar refractivity (Wildman–Crippen MR) is 123 cm³/mol. The summed E-state index contributed by atoms with van der Waals surface area (Å²) in [5.41, 5.74) is 5.93. The lowest BCUT2D eigenvalue weighted by Gasteiger charge is -2.27. The normalized spacial score (nSPS) is 18.4. The van der Waals surface area contributed by atoms with Gasteiger partial charge in [-0.05, 0) is 36.6 Å². The Labute approximate surface area is 182 Å². The third kappa shape index (κ3) is 3.76. The molecule has 160 valence electrons. The van der Waals surface area contributed by atoms with Gasteiger partial charge in [0.05, 0.1) is 6.20 Å². The van der Waals surface area contributed by atoms with Crippen LogP contribution in [0.5, 0.6) is 0 Å². The largest absolute Gasteiger partial charge is 0.372 e. The molecule has 1 atom stereocenters. The highest BCUT2D eigenvalue weighted by molar-refractivity contribution is 5.62. The lowest BCUT2D eigenvalue weighted by Crippen LogP contribution is -2.37. The van der Waals surface area contributed by atoms with Crippen molar-refractivity contribution in [3.63, 3.8) is 0 Å². The summed E-state index contributed by atoms with van der Waals surface area (Å²) in [6.07, 6.45) is 13.0. The topological polar surface area (TPSA) is 65.3 Å². The van der Waals surface area contributed by atoms with Gasteiger partial charge in [-0.1, -0.05) is 6.92 Å². The summed E-state index contributed by atoms with van der Waals surface area (Å²) in [4.78, 5) is 17.6. The zero-order valence-electron chi connectivity index (χ0n) is 18.4. The zero-order valence-corrected chi connectivity index (χ0v) is 18.4. The van der Waals surface area contributed by atoms with Crippen LogP contribution >= 0.6 is 0 Å². The molecule has 0 aliphatic carbocycles. The molecule has 7 nitrogen and oxygen atoms in total. The van der Waals surface area contributed by atoms with Crippen LogP contribution < -0.4 is 15.6 Å². The standard InChI is InChI=1S/C24H29N7/c1-4-17-11-22(21-7-9-25-24(21)27-12-17)31-10-8-20(16-31)30(3)23-6-5-18(13-26-23)19-14-28-29(2)15-19/h5-7,9,12-15,20H,4,8,10-11,16H2,1-3H3,(H,25,27). The number of rotatable bonds is 5. The maximum Gasteiger partial charge on any atom is 0.138 e. The van der Waals surface area contributed by atoms with E-state index in [9.17, 15) is 0 Å². The average Bonchev–Trinajstić information content (AvgIpc) is 3.54. The van der Waals surface area contributed by atoms with Crippen molar-refractivity contribution in [2.24, 2.45) is 12.0 Å². The lowest BCUT2D eigenvalue weighted by molar-refractivity contribution is 0.465. The molecule has 1 unspecified atom stereocenters. The lowest BCUT2D eigenvalue weighted by atomic mass is 10.1. The summed E-state index contributed by atoms with van der Waals surface area (Å²) in [7, 11) is 4.09. The maximum absolute atomic E-state index is 4.75. The van der Waals surface area contributed by atoms with Crippen LogP contribution in [-0.2, 0) is 7.05 Å². The van der Waals surface area contributed by atoms with Crippen molar-refractivity contribution in [1.29, 1.82) is 0 Å². The first kappa shape index (κ1) is 19.6. The van der Waals surface area contributed by atoms with Gasteiger partial charge in [0.2, 0.25) is 0 Å². The van der Waals surface area contributed by atoms with Gasteiger partial charge < -0.3 is 14.8 Å². The fourth-order valence-electron chi connectivity index (χ4n) is 4.54. The van der Waals surface area contributed by atoms with Gasteiger partial charge >= 0.3 is 0 Å². The van der Waals surface area contributed by atoms with Gasteiger partial charge in [0.15, 0.2) is 0 Å². The summed E-state index contributed by atoms with van der Waals surface area (Å²) >= 11 is 0. The van der Waals surface area contributed by atoms with E-state index in [0.717, 1.165) is 54.8 Å². The van der Waals surface area contributed by atoms with E-state index >= 15 is 0 Å². The first-order valence-electron chi connectivity index (χ1n) is 11.0. The molecule has 31 heavy (non-hydrogen) atoms. The number of H-pyrrole nitrogens is 1. The summed E-state index contributed by atoms with van der Waals surface area (Å²) in [6, 6.07) is 6.84. The number of hydrogen-bond donors (Lipinski definition) is 1. The van der Waals surface area contributed by atoms with E-state index in [1.165, 1.54) is 16.5 Å². The van der Waals surface area contributed by atoms with E-state index in [0.29, 0.717) is 6.04 Å². The molecule has 1 saturated heterocycles. The molecular weight excluding hydrogens is 386 g/mol. The van der Waals surface area contributed by atoms with Gasteiger partial charge in [-0.2, -0.15) is 5.10 Å². The number of hydrogen-bond acceptors (Lipinski definition) is 5. The van der Waals surface area contributed by atoms with Crippen LogP contribution in [0, 0.1) is 0 Å². The van der Waals surface area contributed by atoms with Gasteiger partial charge in [0.25, 0.3) is 0 Å². The molecule has 5 heterocycles. The van der Waals surface area contributed by atoms with E-state index < -0.39 is 0 Å². The molecule has 0 spiro atoms. The van der Waals surface area contributed by atoms with Crippen molar-refractivity contribution in [1.82, 2.24) is 24.6 Å². The summed E-state index contributed by atoms with van der Waals surface area (Å²) in [5, 5.41) is 5.49. The monoisotopic (exact) mass is 415 g/mol. The SMILES string of the molecule is CCC1=CN=c2[nH]ccc2=C(N2CCC(N(C)c3ccc(-c4cnn(C)c4)cn3)C2)C1. The minimum Gasteiger partial charge on any atom is -0.372 e. The highest BCUT2D eigenvalue weighted by Crippen LogP contribution is 2.27. The highest BCUT2D eigenvalue weighted by atomic mass is 15.3. The fourth-order valence-corrected chi connectivity index (χ4v) is 4.54. The Bertz CT molecular complexity index is 1220. The van der Waals surface area contributed by atoms with Gasteiger partial charge in [-0.3, -0.25) is 4.68 Å². The second-order valence-corrected chi connectivity index (χ2v) is 8.44. The number of aromatic nitrogens is 4. The second-order valence-electron chi connectivity index (χ2n) is 8.44. The van der Waals surface area contributed by atoms with E-state index in [2.05, 4.69) is 57.0 Å². The minimum atomic E-state index is 0.431. The van der Waals surface area contributed by atoms with E-state index in [1.807, 2.05) is 42.7 Å². The van der Waals surface area contributed by atoms with Crippen molar-refractivity contribution in [2.45, 2.75) is 32.2 Å². The second kappa shape index (κ2) is 8.06. The molecule has 0 radical (unpaired) electrons. The number of likely N-dealkylation sites (tertiary alicyclic amines) is 1. The Morgan fingerprint density at radius 1 is 1.19 bits per heavy atom. The quantitative estimate of drug-likeness (QED) is 0.695. The molecule has 1 N–H and O–H groups in total. The van der Waals surface area contributed by atoms with Crippen LogP contribution in [0.15, 0.2) is 59.8 Å². The summed E-state index contributed by atoms with van der Waals surface area (Å²) < 4.78 is 1.82. The van der Waals surface area contributed by atoms with Crippen LogP contribution in [0.1, 0.15) is 26.2 Å². The fraction of sp³-hybridized carbons (Fsp3) is 0.375. The third-order valence-electron chi connectivity index (χ3n) is 6.50. The summed E-state index contributed by atoms with van der Waals surface area (Å²) in [6.45, 7) is 4.26. The Hall–Kier alpha value is -3.35. The molecule has 3 aromatic heterocycles. The van der Waals surface area contributed by atoms with E-state index in [4.69, 9.17) is 4.98 Å². The molecule has 5 rings (SSSR count). The molecular formula is C24H29N7. The number of aryl methyl sites for hydroxylation is 1. The van der Waals surface area contributed by atoms with Gasteiger partial charge in [-0.25, -0.2) is 9.98 Å². The molecule has 0 saturated carbocycles. The summed E-state index contributed by atoms with van der Waals surface area (Å²) in [5.74, 6) is 1.01. The Morgan fingerprint density at radius 2 is 2.10 bits per heavy atom. The Morgan fingerprint density at radius 3 is 2.84 bits per heavy atom.